The molecule has 0 radical (unpaired) electrons. The van der Waals surface area contributed by atoms with Crippen molar-refractivity contribution in [3.63, 3.8) is 0 Å². The Balaban J connectivity index is 1.67. The third-order valence-electron chi connectivity index (χ3n) is 4.55. The van der Waals surface area contributed by atoms with E-state index in [-0.39, 0.29) is 21.3 Å². The van der Waals surface area contributed by atoms with E-state index in [0.717, 1.165) is 0 Å². The number of rotatable bonds is 4. The fraction of sp³-hybridized carbons (Fsp3) is 0. The first kappa shape index (κ1) is 21.9. The van der Waals surface area contributed by atoms with Crippen molar-refractivity contribution in [3.05, 3.63) is 77.0 Å². The van der Waals surface area contributed by atoms with Crippen LogP contribution in [-0.4, -0.2) is 25.3 Å². The molecule has 4 rings (SSSR count). The molecular formula is C21H14ClN3O5S2. The van der Waals surface area contributed by atoms with Gasteiger partial charge in [-0.1, -0.05) is 23.7 Å². The molecule has 1 aromatic heterocycles. The number of carbonyl (C=O) groups excluding carboxylic acids is 2. The molecule has 2 amide bonds. The van der Waals surface area contributed by atoms with Gasteiger partial charge < -0.3 is 4.42 Å². The van der Waals surface area contributed by atoms with E-state index < -0.39 is 21.8 Å². The number of sulfonamides is 1. The zero-order chi connectivity index (χ0) is 23.0. The molecule has 0 saturated carbocycles. The van der Waals surface area contributed by atoms with Gasteiger partial charge in [0.1, 0.15) is 17.1 Å². The highest BCUT2D eigenvalue weighted by molar-refractivity contribution is 7.89. The standard InChI is InChI=1S/C21H14ClN3O5S2/c22-13-4-6-14(7-5-13)25-20(27)17(19(26)24-21(25)31)11-15-8-9-18(30-15)12-2-1-3-16(10-12)32(23,28)29/h1-11H,(H2,23,28,29)(H,24,26,31)/b17-11+. The highest BCUT2D eigenvalue weighted by Crippen LogP contribution is 2.27. The van der Waals surface area contributed by atoms with Crippen LogP contribution < -0.4 is 15.4 Å². The summed E-state index contributed by atoms with van der Waals surface area (Å²) in [5, 5.41) is 8.08. The molecule has 11 heteroatoms. The molecule has 0 bridgehead atoms. The number of benzene rings is 2. The lowest BCUT2D eigenvalue weighted by Crippen LogP contribution is -2.54. The molecule has 32 heavy (non-hydrogen) atoms. The fourth-order valence-corrected chi connectivity index (χ4v) is 4.00. The second-order valence-electron chi connectivity index (χ2n) is 6.71. The smallest absolute Gasteiger partial charge is 0.270 e. The van der Waals surface area contributed by atoms with E-state index in [1.807, 2.05) is 0 Å². The maximum Gasteiger partial charge on any atom is 0.270 e. The maximum absolute atomic E-state index is 13.0. The molecule has 1 aliphatic heterocycles. The number of amides is 2. The second kappa shape index (κ2) is 8.32. The largest absolute Gasteiger partial charge is 0.457 e. The van der Waals surface area contributed by atoms with Gasteiger partial charge in [0.05, 0.1) is 10.6 Å². The molecule has 1 fully saturated rings. The number of nitrogens with one attached hydrogen (secondary N) is 1. The van der Waals surface area contributed by atoms with Crippen LogP contribution in [0.2, 0.25) is 5.02 Å². The minimum Gasteiger partial charge on any atom is -0.457 e. The number of primary sulfonamides is 1. The van der Waals surface area contributed by atoms with Gasteiger partial charge in [0.15, 0.2) is 5.11 Å². The summed E-state index contributed by atoms with van der Waals surface area (Å²) < 4.78 is 28.9. The van der Waals surface area contributed by atoms with E-state index in [4.69, 9.17) is 33.4 Å². The van der Waals surface area contributed by atoms with Crippen LogP contribution in [0.15, 0.2) is 75.5 Å². The Morgan fingerprint density at radius 1 is 1.06 bits per heavy atom. The molecule has 0 aliphatic carbocycles. The molecular weight excluding hydrogens is 474 g/mol. The summed E-state index contributed by atoms with van der Waals surface area (Å²) in [5.74, 6) is -0.755. The zero-order valence-electron chi connectivity index (χ0n) is 16.1. The minimum atomic E-state index is -3.88. The van der Waals surface area contributed by atoms with E-state index in [1.54, 1.807) is 42.5 Å². The topological polar surface area (TPSA) is 123 Å². The molecule has 162 valence electrons. The number of thiocarbonyl (C=S) groups is 1. The van der Waals surface area contributed by atoms with Crippen LogP contribution in [-0.2, 0) is 19.6 Å². The van der Waals surface area contributed by atoms with Crippen molar-refractivity contribution in [1.82, 2.24) is 5.32 Å². The van der Waals surface area contributed by atoms with Crippen molar-refractivity contribution in [2.24, 2.45) is 5.14 Å². The van der Waals surface area contributed by atoms with E-state index in [9.17, 15) is 18.0 Å². The lowest BCUT2D eigenvalue weighted by molar-refractivity contribution is -0.122. The van der Waals surface area contributed by atoms with Gasteiger partial charge in [-0.25, -0.2) is 13.6 Å². The van der Waals surface area contributed by atoms with Crippen molar-refractivity contribution < 1.29 is 22.4 Å². The Labute approximate surface area is 193 Å². The lowest BCUT2D eigenvalue weighted by atomic mass is 10.1. The molecule has 0 spiro atoms. The summed E-state index contributed by atoms with van der Waals surface area (Å²) in [6.07, 6.45) is 1.29. The Bertz CT molecular complexity index is 1390. The zero-order valence-corrected chi connectivity index (χ0v) is 18.5. The number of nitrogens with zero attached hydrogens (tertiary/aromatic N) is 1. The molecule has 1 saturated heterocycles. The van der Waals surface area contributed by atoms with Gasteiger partial charge in [-0.15, -0.1) is 0 Å². The molecule has 0 unspecified atom stereocenters. The number of anilines is 1. The molecule has 0 atom stereocenters. The van der Waals surface area contributed by atoms with Gasteiger partial charge in [-0.3, -0.25) is 19.8 Å². The Hall–Kier alpha value is -3.31. The molecule has 8 nitrogen and oxygen atoms in total. The summed E-state index contributed by atoms with van der Waals surface area (Å²) in [4.78, 5) is 26.6. The SMILES string of the molecule is NS(=O)(=O)c1cccc(-c2ccc(/C=C3\C(=O)NC(=S)N(c4ccc(Cl)cc4)C3=O)o2)c1. The first-order chi connectivity index (χ1) is 15.1. The average Bonchev–Trinajstić information content (AvgIpc) is 3.21. The summed E-state index contributed by atoms with van der Waals surface area (Å²) in [7, 11) is -3.88. The lowest BCUT2D eigenvalue weighted by Gasteiger charge is -2.28. The molecule has 2 heterocycles. The first-order valence-corrected chi connectivity index (χ1v) is 11.4. The van der Waals surface area contributed by atoms with Crippen molar-refractivity contribution in [2.75, 3.05) is 4.90 Å². The summed E-state index contributed by atoms with van der Waals surface area (Å²) in [6.45, 7) is 0. The van der Waals surface area contributed by atoms with Crippen LogP contribution in [0.4, 0.5) is 5.69 Å². The number of halogens is 1. The number of carbonyl (C=O) groups is 2. The van der Waals surface area contributed by atoms with Crippen LogP contribution in [0.5, 0.6) is 0 Å². The van der Waals surface area contributed by atoms with E-state index in [2.05, 4.69) is 5.32 Å². The summed E-state index contributed by atoms with van der Waals surface area (Å²) >= 11 is 11.1. The van der Waals surface area contributed by atoms with Crippen molar-refractivity contribution >= 4 is 62.5 Å². The summed E-state index contributed by atoms with van der Waals surface area (Å²) in [5.41, 5.74) is 0.715. The van der Waals surface area contributed by atoms with Gasteiger partial charge in [0.25, 0.3) is 11.8 Å². The highest BCUT2D eigenvalue weighted by atomic mass is 35.5. The Morgan fingerprint density at radius 3 is 2.47 bits per heavy atom. The molecule has 1 aliphatic rings. The molecule has 3 aromatic rings. The first-order valence-electron chi connectivity index (χ1n) is 9.03. The monoisotopic (exact) mass is 487 g/mol. The van der Waals surface area contributed by atoms with Gasteiger partial charge >= 0.3 is 0 Å². The van der Waals surface area contributed by atoms with Gasteiger partial charge in [-0.2, -0.15) is 0 Å². The Kier molecular flexibility index (Phi) is 5.70. The predicted octanol–water partition coefficient (Wildman–Crippen LogP) is 3.08. The quantitative estimate of drug-likeness (QED) is 0.331. The third-order valence-corrected chi connectivity index (χ3v) is 5.99. The van der Waals surface area contributed by atoms with E-state index in [0.29, 0.717) is 22.0 Å². The normalized spacial score (nSPS) is 15.9. The second-order valence-corrected chi connectivity index (χ2v) is 9.09. The van der Waals surface area contributed by atoms with Crippen LogP contribution in [0.3, 0.4) is 0 Å². The molecule has 2 aromatic carbocycles. The van der Waals surface area contributed by atoms with Crippen LogP contribution in [0, 0.1) is 0 Å². The Morgan fingerprint density at radius 2 is 1.78 bits per heavy atom. The fourth-order valence-electron chi connectivity index (χ4n) is 3.04. The number of hydrogen-bond acceptors (Lipinski definition) is 6. The van der Waals surface area contributed by atoms with Gasteiger partial charge in [-0.05, 0) is 66.8 Å². The van der Waals surface area contributed by atoms with E-state index in [1.165, 1.54) is 29.2 Å². The number of hydrogen-bond donors (Lipinski definition) is 2. The third kappa shape index (κ3) is 4.34. The predicted molar refractivity (Wildman–Crippen MR) is 123 cm³/mol. The number of nitrogens with two attached hydrogens (primary N) is 1. The van der Waals surface area contributed by atoms with Crippen molar-refractivity contribution in [3.8, 4) is 11.3 Å². The van der Waals surface area contributed by atoms with Gasteiger partial charge in [0, 0.05) is 10.6 Å². The van der Waals surface area contributed by atoms with Crippen molar-refractivity contribution in [2.45, 2.75) is 4.90 Å². The van der Waals surface area contributed by atoms with Crippen molar-refractivity contribution in [1.29, 1.82) is 0 Å². The average molecular weight is 488 g/mol. The van der Waals surface area contributed by atoms with Crippen LogP contribution in [0.25, 0.3) is 17.4 Å². The minimum absolute atomic E-state index is 0.0561. The van der Waals surface area contributed by atoms with E-state index >= 15 is 0 Å². The van der Waals surface area contributed by atoms with Crippen LogP contribution >= 0.6 is 23.8 Å². The number of furan rings is 1. The molecule has 3 N–H and O–H groups in total. The maximum atomic E-state index is 13.0. The van der Waals surface area contributed by atoms with Crippen LogP contribution in [0.1, 0.15) is 5.76 Å². The summed E-state index contributed by atoms with van der Waals surface area (Å²) in [6, 6.07) is 15.4. The van der Waals surface area contributed by atoms with Gasteiger partial charge in [0.2, 0.25) is 10.0 Å². The highest BCUT2D eigenvalue weighted by Gasteiger charge is 2.34.